The highest BCUT2D eigenvalue weighted by molar-refractivity contribution is 5.46. The van der Waals surface area contributed by atoms with E-state index in [1.165, 1.54) is 22.3 Å². The molecular formula is C16H19NO2. The summed E-state index contributed by atoms with van der Waals surface area (Å²) in [7, 11) is 0. The molecule has 0 N–H and O–H groups in total. The minimum absolute atomic E-state index is 0.178. The van der Waals surface area contributed by atoms with E-state index in [-0.39, 0.29) is 5.41 Å². The maximum Gasteiger partial charge on any atom is 0.118 e. The Bertz CT molecular complexity index is 563. The van der Waals surface area contributed by atoms with Crippen molar-refractivity contribution < 1.29 is 9.47 Å². The zero-order valence-electron chi connectivity index (χ0n) is 11.7. The smallest absolute Gasteiger partial charge is 0.118 e. The molecule has 0 spiro atoms. The first kappa shape index (κ1) is 12.7. The largest absolute Gasteiger partial charge is 0.379 e. The molecule has 0 aromatic heterocycles. The van der Waals surface area contributed by atoms with Crippen molar-refractivity contribution in [3.05, 3.63) is 34.4 Å². The fourth-order valence-electron chi connectivity index (χ4n) is 3.23. The van der Waals surface area contributed by atoms with Gasteiger partial charge in [-0.25, -0.2) is 0 Å². The molecule has 0 unspecified atom stereocenters. The number of hydrogen-bond acceptors (Lipinski definition) is 3. The third-order valence-corrected chi connectivity index (χ3v) is 4.88. The van der Waals surface area contributed by atoms with E-state index in [9.17, 15) is 5.26 Å². The van der Waals surface area contributed by atoms with Crippen molar-refractivity contribution >= 4 is 0 Å². The zero-order valence-corrected chi connectivity index (χ0v) is 11.7. The molecule has 0 aliphatic carbocycles. The van der Waals surface area contributed by atoms with E-state index in [1.807, 2.05) is 0 Å². The van der Waals surface area contributed by atoms with E-state index in [2.05, 4.69) is 39.0 Å². The Kier molecular flexibility index (Phi) is 2.70. The lowest BCUT2D eigenvalue weighted by molar-refractivity contribution is -0.201. The fraction of sp³-hybridized carbons (Fsp3) is 0.562. The van der Waals surface area contributed by atoms with Crippen LogP contribution < -0.4 is 0 Å². The molecule has 0 saturated carbocycles. The lowest BCUT2D eigenvalue weighted by atomic mass is 9.57. The van der Waals surface area contributed by atoms with Crippen LogP contribution in [0.3, 0.4) is 0 Å². The fourth-order valence-corrected chi connectivity index (χ4v) is 3.23. The number of nitriles is 1. The van der Waals surface area contributed by atoms with E-state index in [0.29, 0.717) is 26.4 Å². The molecule has 0 bridgehead atoms. The van der Waals surface area contributed by atoms with Crippen molar-refractivity contribution in [3.63, 3.8) is 0 Å². The Labute approximate surface area is 114 Å². The van der Waals surface area contributed by atoms with Gasteiger partial charge < -0.3 is 9.47 Å². The average Bonchev–Trinajstić information content (AvgIpc) is 2.26. The molecule has 2 fully saturated rings. The van der Waals surface area contributed by atoms with E-state index >= 15 is 0 Å². The van der Waals surface area contributed by atoms with Gasteiger partial charge in [-0.3, -0.25) is 0 Å². The van der Waals surface area contributed by atoms with Crippen LogP contribution >= 0.6 is 0 Å². The summed E-state index contributed by atoms with van der Waals surface area (Å²) in [4.78, 5) is 0. The van der Waals surface area contributed by atoms with Gasteiger partial charge in [-0.15, -0.1) is 0 Å². The van der Waals surface area contributed by atoms with Gasteiger partial charge in [0.25, 0.3) is 0 Å². The molecular weight excluding hydrogens is 238 g/mol. The number of nitrogens with zero attached hydrogens (tertiary/aromatic N) is 1. The number of ether oxygens (including phenoxy) is 2. The van der Waals surface area contributed by atoms with Gasteiger partial charge in [-0.2, -0.15) is 5.26 Å². The van der Waals surface area contributed by atoms with Crippen LogP contribution in [0.1, 0.15) is 22.3 Å². The molecule has 0 atom stereocenters. The first-order valence-electron chi connectivity index (χ1n) is 6.70. The molecule has 2 aliphatic heterocycles. The Balaban J connectivity index is 2.14. The first-order valence-corrected chi connectivity index (χ1v) is 6.70. The number of rotatable bonds is 2. The van der Waals surface area contributed by atoms with Crippen LogP contribution in [0.25, 0.3) is 0 Å². The number of hydrogen-bond donors (Lipinski definition) is 0. The van der Waals surface area contributed by atoms with Crippen molar-refractivity contribution in [2.75, 3.05) is 26.4 Å². The second kappa shape index (κ2) is 4.06. The third kappa shape index (κ3) is 1.51. The predicted octanol–water partition coefficient (Wildman–Crippen LogP) is 2.42. The van der Waals surface area contributed by atoms with Crippen LogP contribution in [0, 0.1) is 37.5 Å². The van der Waals surface area contributed by atoms with Gasteiger partial charge >= 0.3 is 0 Å². The van der Waals surface area contributed by atoms with E-state index in [0.717, 1.165) is 0 Å². The highest BCUT2D eigenvalue weighted by Crippen LogP contribution is 2.52. The molecule has 3 heteroatoms. The predicted molar refractivity (Wildman–Crippen MR) is 72.0 cm³/mol. The maximum absolute atomic E-state index is 9.63. The van der Waals surface area contributed by atoms with Crippen molar-refractivity contribution in [2.45, 2.75) is 26.2 Å². The maximum atomic E-state index is 9.63. The molecule has 1 aromatic carbocycles. The van der Waals surface area contributed by atoms with Gasteiger partial charge in [0.15, 0.2) is 0 Å². The lowest BCUT2D eigenvalue weighted by Gasteiger charge is -2.56. The SMILES string of the molecule is Cc1cc(C)c(C2(C3(C#N)COC3)COC2)cc1C. The molecule has 19 heavy (non-hydrogen) atoms. The lowest BCUT2D eigenvalue weighted by Crippen LogP contribution is -2.66. The molecule has 0 amide bonds. The van der Waals surface area contributed by atoms with Gasteiger partial charge in [0.05, 0.1) is 37.9 Å². The van der Waals surface area contributed by atoms with Gasteiger partial charge in [0.1, 0.15) is 5.41 Å². The summed E-state index contributed by atoms with van der Waals surface area (Å²) < 4.78 is 10.8. The van der Waals surface area contributed by atoms with E-state index < -0.39 is 5.41 Å². The van der Waals surface area contributed by atoms with Crippen LogP contribution in [0.2, 0.25) is 0 Å². The van der Waals surface area contributed by atoms with Crippen LogP contribution in [-0.2, 0) is 14.9 Å². The van der Waals surface area contributed by atoms with Gasteiger partial charge in [-0.05, 0) is 43.0 Å². The van der Waals surface area contributed by atoms with Crippen LogP contribution in [0.5, 0.6) is 0 Å². The molecule has 0 radical (unpaired) electrons. The van der Waals surface area contributed by atoms with Crippen molar-refractivity contribution in [2.24, 2.45) is 5.41 Å². The second-order valence-electron chi connectivity index (χ2n) is 6.01. The molecule has 2 heterocycles. The monoisotopic (exact) mass is 257 g/mol. The van der Waals surface area contributed by atoms with Gasteiger partial charge in [0.2, 0.25) is 0 Å². The summed E-state index contributed by atoms with van der Waals surface area (Å²) in [5, 5.41) is 9.63. The standard InChI is InChI=1S/C16H19NO2/c1-11-4-13(3)14(5-12(11)2)16(9-19-10-16)15(6-17)7-18-8-15/h4-5H,7-10H2,1-3H3. The molecule has 3 rings (SSSR count). The van der Waals surface area contributed by atoms with Crippen molar-refractivity contribution in [1.82, 2.24) is 0 Å². The number of aryl methyl sites for hydroxylation is 3. The Morgan fingerprint density at radius 1 is 0.947 bits per heavy atom. The average molecular weight is 257 g/mol. The minimum atomic E-state index is -0.405. The second-order valence-corrected chi connectivity index (χ2v) is 6.01. The van der Waals surface area contributed by atoms with Gasteiger partial charge in [0, 0.05) is 0 Å². The molecule has 2 saturated heterocycles. The summed E-state index contributed by atoms with van der Waals surface area (Å²) >= 11 is 0. The minimum Gasteiger partial charge on any atom is -0.379 e. The van der Waals surface area contributed by atoms with Crippen LogP contribution in [0.4, 0.5) is 0 Å². The summed E-state index contributed by atoms with van der Waals surface area (Å²) in [5.41, 5.74) is 4.52. The Morgan fingerprint density at radius 3 is 1.95 bits per heavy atom. The summed E-state index contributed by atoms with van der Waals surface area (Å²) in [6.07, 6.45) is 0. The van der Waals surface area contributed by atoms with Crippen molar-refractivity contribution in [1.29, 1.82) is 5.26 Å². The molecule has 100 valence electrons. The number of benzene rings is 1. The third-order valence-electron chi connectivity index (χ3n) is 4.88. The topological polar surface area (TPSA) is 42.2 Å². The Hall–Kier alpha value is -1.37. The normalized spacial score (nSPS) is 23.1. The van der Waals surface area contributed by atoms with Crippen LogP contribution in [0.15, 0.2) is 12.1 Å². The highest BCUT2D eigenvalue weighted by atomic mass is 16.5. The molecule has 1 aromatic rings. The summed E-state index contributed by atoms with van der Waals surface area (Å²) in [5.74, 6) is 0. The summed E-state index contributed by atoms with van der Waals surface area (Å²) in [6.45, 7) is 8.70. The Morgan fingerprint density at radius 2 is 1.53 bits per heavy atom. The van der Waals surface area contributed by atoms with E-state index in [4.69, 9.17) is 9.47 Å². The molecule has 2 aliphatic rings. The highest BCUT2D eigenvalue weighted by Gasteiger charge is 2.62. The quantitative estimate of drug-likeness (QED) is 0.817. The first-order chi connectivity index (χ1) is 9.05. The van der Waals surface area contributed by atoms with Gasteiger partial charge in [-0.1, -0.05) is 12.1 Å². The van der Waals surface area contributed by atoms with Crippen molar-refractivity contribution in [3.8, 4) is 6.07 Å². The zero-order chi connectivity index (χ0) is 13.7. The van der Waals surface area contributed by atoms with E-state index in [1.54, 1.807) is 0 Å². The molecule has 3 nitrogen and oxygen atoms in total. The summed E-state index contributed by atoms with van der Waals surface area (Å²) in [6, 6.07) is 6.97. The van der Waals surface area contributed by atoms with Crippen LogP contribution in [-0.4, -0.2) is 26.4 Å².